The number of amidine groups is 1. The first kappa shape index (κ1) is 14.2. The summed E-state index contributed by atoms with van der Waals surface area (Å²) in [6.07, 6.45) is 0. The van der Waals surface area contributed by atoms with Gasteiger partial charge in [-0.05, 0) is 42.5 Å². The Bertz CT molecular complexity index is 612. The topological polar surface area (TPSA) is 68.3 Å². The van der Waals surface area contributed by atoms with Crippen LogP contribution in [0, 0.1) is 5.41 Å². The lowest BCUT2D eigenvalue weighted by atomic mass is 10.1. The highest BCUT2D eigenvalue weighted by molar-refractivity contribution is 6.30. The third kappa shape index (κ3) is 3.42. The number of rotatable bonds is 5. The molecular weight excluding hydrogens is 276 g/mol. The van der Waals surface area contributed by atoms with Gasteiger partial charge in [0.2, 0.25) is 0 Å². The summed E-state index contributed by atoms with van der Waals surface area (Å²) in [5.41, 5.74) is 6.95. The largest absolute Gasteiger partial charge is 0.496 e. The molecule has 4 nitrogen and oxygen atoms in total. The van der Waals surface area contributed by atoms with Crippen LogP contribution in [0.5, 0.6) is 11.5 Å². The van der Waals surface area contributed by atoms with E-state index in [0.717, 1.165) is 5.56 Å². The van der Waals surface area contributed by atoms with Gasteiger partial charge in [0.25, 0.3) is 0 Å². The van der Waals surface area contributed by atoms with Gasteiger partial charge in [-0.25, -0.2) is 0 Å². The van der Waals surface area contributed by atoms with Crippen molar-refractivity contribution in [3.05, 3.63) is 58.6 Å². The monoisotopic (exact) mass is 290 g/mol. The maximum atomic E-state index is 7.46. The van der Waals surface area contributed by atoms with Crippen molar-refractivity contribution in [1.29, 1.82) is 5.41 Å². The molecule has 104 valence electrons. The van der Waals surface area contributed by atoms with Crippen LogP contribution >= 0.6 is 11.6 Å². The number of halogens is 1. The maximum Gasteiger partial charge on any atom is 0.125 e. The van der Waals surface area contributed by atoms with Crippen molar-refractivity contribution in [3.8, 4) is 11.5 Å². The number of ether oxygens (including phenoxy) is 2. The van der Waals surface area contributed by atoms with E-state index in [1.807, 2.05) is 0 Å². The van der Waals surface area contributed by atoms with Gasteiger partial charge in [-0.2, -0.15) is 0 Å². The van der Waals surface area contributed by atoms with E-state index in [9.17, 15) is 0 Å². The minimum atomic E-state index is 0.0143. The lowest BCUT2D eigenvalue weighted by Crippen LogP contribution is -2.12. The van der Waals surface area contributed by atoms with Crippen molar-refractivity contribution in [2.75, 3.05) is 7.11 Å². The molecule has 0 spiro atoms. The Morgan fingerprint density at radius 1 is 1.20 bits per heavy atom. The summed E-state index contributed by atoms with van der Waals surface area (Å²) in [5.74, 6) is 1.43. The molecule has 0 aromatic heterocycles. The summed E-state index contributed by atoms with van der Waals surface area (Å²) in [6.45, 7) is 0.325. The first-order chi connectivity index (χ1) is 9.60. The first-order valence-corrected chi connectivity index (χ1v) is 6.37. The molecule has 0 saturated heterocycles. The standard InChI is InChI=1S/C15H15ClN2O2/c1-19-14-7-2-10(15(17)18)8-11(14)9-20-13-5-3-12(16)4-6-13/h2-8H,9H2,1H3,(H3,17,18). The molecule has 0 unspecified atom stereocenters. The number of nitrogens with two attached hydrogens (primary N) is 1. The average molecular weight is 291 g/mol. The van der Waals surface area contributed by atoms with Gasteiger partial charge < -0.3 is 15.2 Å². The molecule has 0 aliphatic rings. The van der Waals surface area contributed by atoms with Crippen molar-refractivity contribution in [2.45, 2.75) is 6.61 Å². The second-order valence-electron chi connectivity index (χ2n) is 4.18. The van der Waals surface area contributed by atoms with Crippen molar-refractivity contribution < 1.29 is 9.47 Å². The third-order valence-corrected chi connectivity index (χ3v) is 3.05. The number of nitrogen functional groups attached to an aromatic ring is 1. The first-order valence-electron chi connectivity index (χ1n) is 6.00. The van der Waals surface area contributed by atoms with Gasteiger partial charge in [0, 0.05) is 16.1 Å². The van der Waals surface area contributed by atoms with Gasteiger partial charge in [0.15, 0.2) is 0 Å². The molecule has 0 fully saturated rings. The van der Waals surface area contributed by atoms with Gasteiger partial charge in [0.05, 0.1) is 7.11 Å². The van der Waals surface area contributed by atoms with Gasteiger partial charge in [-0.3, -0.25) is 5.41 Å². The maximum absolute atomic E-state index is 7.46. The van der Waals surface area contributed by atoms with Gasteiger partial charge in [-0.15, -0.1) is 0 Å². The molecule has 0 amide bonds. The number of methoxy groups -OCH3 is 1. The average Bonchev–Trinajstić information content (AvgIpc) is 2.46. The number of hydrogen-bond acceptors (Lipinski definition) is 3. The molecule has 2 rings (SSSR count). The molecule has 3 N–H and O–H groups in total. The Morgan fingerprint density at radius 2 is 1.90 bits per heavy atom. The SMILES string of the molecule is COc1ccc(C(=N)N)cc1COc1ccc(Cl)cc1. The summed E-state index contributed by atoms with van der Waals surface area (Å²) in [4.78, 5) is 0. The Labute approximate surface area is 122 Å². The molecular formula is C15H15ClN2O2. The molecule has 0 saturated carbocycles. The van der Waals surface area contributed by atoms with Crippen molar-refractivity contribution in [1.82, 2.24) is 0 Å². The number of hydrogen-bond donors (Lipinski definition) is 2. The summed E-state index contributed by atoms with van der Waals surface area (Å²) < 4.78 is 10.9. The van der Waals surface area contributed by atoms with Crippen LogP contribution in [-0.4, -0.2) is 12.9 Å². The van der Waals surface area contributed by atoms with Crippen LogP contribution in [0.2, 0.25) is 5.02 Å². The van der Waals surface area contributed by atoms with Crippen molar-refractivity contribution in [2.24, 2.45) is 5.73 Å². The van der Waals surface area contributed by atoms with E-state index in [-0.39, 0.29) is 5.84 Å². The predicted octanol–water partition coefficient (Wildman–Crippen LogP) is 3.21. The quantitative estimate of drug-likeness (QED) is 0.656. The van der Waals surface area contributed by atoms with E-state index in [0.29, 0.717) is 28.7 Å². The van der Waals surface area contributed by atoms with Crippen LogP contribution in [0.25, 0.3) is 0 Å². The lowest BCUT2D eigenvalue weighted by molar-refractivity contribution is 0.296. The Kier molecular flexibility index (Phi) is 4.48. The molecule has 2 aromatic rings. The molecule has 0 aliphatic carbocycles. The predicted molar refractivity (Wildman–Crippen MR) is 79.8 cm³/mol. The summed E-state index contributed by atoms with van der Waals surface area (Å²) in [7, 11) is 1.59. The van der Waals surface area contributed by atoms with E-state index in [1.165, 1.54) is 0 Å². The molecule has 0 aliphatic heterocycles. The Balaban J connectivity index is 2.16. The fourth-order valence-electron chi connectivity index (χ4n) is 1.75. The highest BCUT2D eigenvalue weighted by atomic mass is 35.5. The number of nitrogens with one attached hydrogen (secondary N) is 1. The lowest BCUT2D eigenvalue weighted by Gasteiger charge is -2.12. The Hall–Kier alpha value is -2.20. The molecule has 0 radical (unpaired) electrons. The number of benzene rings is 2. The summed E-state index contributed by atoms with van der Waals surface area (Å²) in [5, 5.41) is 8.12. The third-order valence-electron chi connectivity index (χ3n) is 2.80. The van der Waals surface area contributed by atoms with Crippen LogP contribution in [0.1, 0.15) is 11.1 Å². The van der Waals surface area contributed by atoms with Crippen LogP contribution in [0.3, 0.4) is 0 Å². The fourth-order valence-corrected chi connectivity index (χ4v) is 1.88. The van der Waals surface area contributed by atoms with Crippen molar-refractivity contribution >= 4 is 17.4 Å². The van der Waals surface area contributed by atoms with E-state index >= 15 is 0 Å². The van der Waals surface area contributed by atoms with E-state index in [2.05, 4.69) is 0 Å². The van der Waals surface area contributed by atoms with Gasteiger partial charge in [0.1, 0.15) is 23.9 Å². The van der Waals surface area contributed by atoms with E-state index in [4.69, 9.17) is 32.2 Å². The molecule has 0 bridgehead atoms. The zero-order valence-corrected chi connectivity index (χ0v) is 11.8. The van der Waals surface area contributed by atoms with Crippen LogP contribution in [0.15, 0.2) is 42.5 Å². The zero-order valence-electron chi connectivity index (χ0n) is 11.0. The second-order valence-corrected chi connectivity index (χ2v) is 4.62. The van der Waals surface area contributed by atoms with Crippen molar-refractivity contribution in [3.63, 3.8) is 0 Å². The molecule has 20 heavy (non-hydrogen) atoms. The van der Waals surface area contributed by atoms with Crippen LogP contribution in [0.4, 0.5) is 0 Å². The van der Waals surface area contributed by atoms with Crippen LogP contribution < -0.4 is 15.2 Å². The van der Waals surface area contributed by atoms with E-state index < -0.39 is 0 Å². The highest BCUT2D eigenvalue weighted by Crippen LogP contribution is 2.23. The fraction of sp³-hybridized carbons (Fsp3) is 0.133. The molecule has 2 aromatic carbocycles. The second kappa shape index (κ2) is 6.30. The molecule has 0 heterocycles. The zero-order chi connectivity index (χ0) is 14.5. The van der Waals surface area contributed by atoms with Gasteiger partial charge in [-0.1, -0.05) is 11.6 Å². The minimum absolute atomic E-state index is 0.0143. The minimum Gasteiger partial charge on any atom is -0.496 e. The summed E-state index contributed by atoms with van der Waals surface area (Å²) >= 11 is 5.82. The smallest absolute Gasteiger partial charge is 0.125 e. The highest BCUT2D eigenvalue weighted by Gasteiger charge is 2.07. The summed E-state index contributed by atoms with van der Waals surface area (Å²) in [6, 6.07) is 12.4. The van der Waals surface area contributed by atoms with E-state index in [1.54, 1.807) is 49.6 Å². The molecule has 5 heteroatoms. The normalized spacial score (nSPS) is 10.1. The van der Waals surface area contributed by atoms with Crippen LogP contribution in [-0.2, 0) is 6.61 Å². The van der Waals surface area contributed by atoms with Gasteiger partial charge >= 0.3 is 0 Å². The molecule has 0 atom stereocenters. The Morgan fingerprint density at radius 3 is 2.50 bits per heavy atom.